The van der Waals surface area contributed by atoms with Crippen molar-refractivity contribution in [2.75, 3.05) is 20.0 Å². The zero-order valence-corrected chi connectivity index (χ0v) is 12.1. The first-order valence-corrected chi connectivity index (χ1v) is 6.76. The topological polar surface area (TPSA) is 118 Å². The molecule has 2 rings (SSSR count). The van der Waals surface area contributed by atoms with E-state index in [2.05, 4.69) is 15.2 Å². The Kier molecular flexibility index (Phi) is 4.53. The Morgan fingerprint density at radius 1 is 1.33 bits per heavy atom. The summed E-state index contributed by atoms with van der Waals surface area (Å²) in [4.78, 5) is 14.7. The molecule has 21 heavy (non-hydrogen) atoms. The fourth-order valence-corrected chi connectivity index (χ4v) is 2.12. The Balaban J connectivity index is 2.31. The van der Waals surface area contributed by atoms with E-state index in [0.717, 1.165) is 11.8 Å². The molecule has 0 spiro atoms. The van der Waals surface area contributed by atoms with Gasteiger partial charge < -0.3 is 19.7 Å². The van der Waals surface area contributed by atoms with E-state index < -0.39 is 5.97 Å². The molecule has 0 fully saturated rings. The van der Waals surface area contributed by atoms with Gasteiger partial charge in [0.1, 0.15) is 0 Å². The Hall–Kier alpha value is -2.42. The van der Waals surface area contributed by atoms with Crippen molar-refractivity contribution in [3.8, 4) is 28.6 Å². The van der Waals surface area contributed by atoms with Crippen LogP contribution >= 0.6 is 11.8 Å². The lowest BCUT2D eigenvalue weighted by atomic mass is 10.1. The molecule has 0 aliphatic heterocycles. The van der Waals surface area contributed by atoms with Crippen molar-refractivity contribution in [2.45, 2.75) is 5.16 Å². The average molecular weight is 311 g/mol. The van der Waals surface area contributed by atoms with E-state index in [1.54, 1.807) is 12.1 Å². The second-order valence-electron chi connectivity index (χ2n) is 3.88. The lowest BCUT2D eigenvalue weighted by Gasteiger charge is -2.09. The number of H-pyrrole nitrogens is 1. The van der Waals surface area contributed by atoms with Crippen molar-refractivity contribution in [3.63, 3.8) is 0 Å². The van der Waals surface area contributed by atoms with Crippen LogP contribution in [0.5, 0.6) is 17.2 Å². The number of aromatic amines is 1. The third kappa shape index (κ3) is 3.37. The zero-order chi connectivity index (χ0) is 15.4. The van der Waals surface area contributed by atoms with Crippen LogP contribution in [0, 0.1) is 0 Å². The van der Waals surface area contributed by atoms with E-state index in [1.165, 1.54) is 14.2 Å². The number of benzene rings is 1. The minimum Gasteiger partial charge on any atom is -0.502 e. The molecular formula is C12H13N3O5S. The number of carbonyl (C=O) groups is 1. The fourth-order valence-electron chi connectivity index (χ4n) is 1.60. The lowest BCUT2D eigenvalue weighted by Crippen LogP contribution is -1.97. The number of methoxy groups -OCH3 is 2. The summed E-state index contributed by atoms with van der Waals surface area (Å²) in [5.41, 5.74) is 0.594. The molecule has 1 aromatic heterocycles. The fraction of sp³-hybridized carbons (Fsp3) is 0.250. The number of carboxylic acids is 1. The van der Waals surface area contributed by atoms with Gasteiger partial charge in [-0.2, -0.15) is 0 Å². The van der Waals surface area contributed by atoms with Gasteiger partial charge >= 0.3 is 5.97 Å². The number of thioether (sulfide) groups is 1. The largest absolute Gasteiger partial charge is 0.502 e. The van der Waals surface area contributed by atoms with Gasteiger partial charge in [0.25, 0.3) is 0 Å². The third-order valence-electron chi connectivity index (χ3n) is 2.54. The number of hydrogen-bond donors (Lipinski definition) is 3. The van der Waals surface area contributed by atoms with Crippen molar-refractivity contribution in [1.29, 1.82) is 0 Å². The lowest BCUT2D eigenvalue weighted by molar-refractivity contribution is -0.133. The first-order chi connectivity index (χ1) is 10.0. The maximum Gasteiger partial charge on any atom is 0.313 e. The van der Waals surface area contributed by atoms with Crippen LogP contribution in [0.25, 0.3) is 11.4 Å². The van der Waals surface area contributed by atoms with Crippen LogP contribution in [-0.4, -0.2) is 51.3 Å². The highest BCUT2D eigenvalue weighted by Gasteiger charge is 2.15. The van der Waals surface area contributed by atoms with Gasteiger partial charge in [0.15, 0.2) is 17.3 Å². The Bertz CT molecular complexity index is 633. The number of nitrogens with zero attached hydrogens (tertiary/aromatic N) is 2. The molecule has 0 saturated carbocycles. The summed E-state index contributed by atoms with van der Waals surface area (Å²) in [6.07, 6.45) is 0. The number of aromatic nitrogens is 3. The van der Waals surface area contributed by atoms with Crippen molar-refractivity contribution < 1.29 is 24.5 Å². The molecule has 0 bridgehead atoms. The maximum absolute atomic E-state index is 10.5. The van der Waals surface area contributed by atoms with Crippen molar-refractivity contribution >= 4 is 17.7 Å². The first-order valence-electron chi connectivity index (χ1n) is 5.77. The van der Waals surface area contributed by atoms with Gasteiger partial charge in [-0.25, -0.2) is 4.98 Å². The smallest absolute Gasteiger partial charge is 0.313 e. The number of aliphatic carboxylic acids is 1. The second kappa shape index (κ2) is 6.35. The van der Waals surface area contributed by atoms with Gasteiger partial charge in [-0.1, -0.05) is 11.8 Å². The molecule has 0 unspecified atom stereocenters. The SMILES string of the molecule is COc1cc(-c2nc(SCC(=O)O)n[nH]2)cc(OC)c1O. The van der Waals surface area contributed by atoms with Crippen LogP contribution in [0.4, 0.5) is 0 Å². The van der Waals surface area contributed by atoms with Gasteiger partial charge in [0.2, 0.25) is 10.9 Å². The van der Waals surface area contributed by atoms with E-state index in [9.17, 15) is 9.90 Å². The molecule has 3 N–H and O–H groups in total. The van der Waals surface area contributed by atoms with Gasteiger partial charge in [0.05, 0.1) is 20.0 Å². The van der Waals surface area contributed by atoms with Gasteiger partial charge in [-0.15, -0.1) is 5.10 Å². The highest BCUT2D eigenvalue weighted by atomic mass is 32.2. The summed E-state index contributed by atoms with van der Waals surface area (Å²) in [6.45, 7) is 0. The summed E-state index contributed by atoms with van der Waals surface area (Å²) in [6, 6.07) is 3.15. The average Bonchev–Trinajstić information content (AvgIpc) is 2.94. The molecule has 8 nitrogen and oxygen atoms in total. The minimum absolute atomic E-state index is 0.108. The summed E-state index contributed by atoms with van der Waals surface area (Å²) >= 11 is 1.00. The number of ether oxygens (including phenoxy) is 2. The van der Waals surface area contributed by atoms with Crippen molar-refractivity contribution in [2.24, 2.45) is 0 Å². The Labute approximate surface area is 124 Å². The van der Waals surface area contributed by atoms with E-state index in [-0.39, 0.29) is 23.0 Å². The molecular weight excluding hydrogens is 298 g/mol. The third-order valence-corrected chi connectivity index (χ3v) is 3.37. The standard InChI is InChI=1S/C12H13N3O5S/c1-19-7-3-6(4-8(20-2)10(7)18)11-13-12(15-14-11)21-5-9(16)17/h3-4,18H,5H2,1-2H3,(H,16,17)(H,13,14,15). The number of phenols is 1. The molecule has 0 amide bonds. The van der Waals surface area contributed by atoms with Gasteiger partial charge in [0, 0.05) is 5.56 Å². The van der Waals surface area contributed by atoms with Crippen LogP contribution in [0.1, 0.15) is 0 Å². The molecule has 0 aliphatic carbocycles. The number of phenolic OH excluding ortho intramolecular Hbond substituents is 1. The maximum atomic E-state index is 10.5. The molecule has 2 aromatic rings. The molecule has 1 heterocycles. The Morgan fingerprint density at radius 2 is 1.95 bits per heavy atom. The molecule has 0 radical (unpaired) electrons. The van der Waals surface area contributed by atoms with Gasteiger partial charge in [-0.3, -0.25) is 9.89 Å². The Morgan fingerprint density at radius 3 is 2.48 bits per heavy atom. The van der Waals surface area contributed by atoms with E-state index in [4.69, 9.17) is 14.6 Å². The van der Waals surface area contributed by atoms with Gasteiger partial charge in [-0.05, 0) is 12.1 Å². The predicted molar refractivity (Wildman–Crippen MR) is 74.9 cm³/mol. The number of aromatic hydroxyl groups is 1. The molecule has 9 heteroatoms. The number of nitrogens with one attached hydrogen (secondary N) is 1. The van der Waals surface area contributed by atoms with Crippen molar-refractivity contribution in [3.05, 3.63) is 12.1 Å². The van der Waals surface area contributed by atoms with E-state index in [1.807, 2.05) is 0 Å². The predicted octanol–water partition coefficient (Wildman–Crippen LogP) is 1.37. The highest BCUT2D eigenvalue weighted by Crippen LogP contribution is 2.39. The number of carboxylic acid groups (broad SMARTS) is 1. The van der Waals surface area contributed by atoms with Crippen LogP contribution in [0.15, 0.2) is 17.3 Å². The molecule has 0 atom stereocenters. The van der Waals surface area contributed by atoms with Crippen molar-refractivity contribution in [1.82, 2.24) is 15.2 Å². The van der Waals surface area contributed by atoms with Crippen LogP contribution in [-0.2, 0) is 4.79 Å². The number of rotatable bonds is 6. The van der Waals surface area contributed by atoms with Crippen LogP contribution in [0.2, 0.25) is 0 Å². The van der Waals surface area contributed by atoms with Crippen LogP contribution < -0.4 is 9.47 Å². The van der Waals surface area contributed by atoms with Crippen LogP contribution in [0.3, 0.4) is 0 Å². The summed E-state index contributed by atoms with van der Waals surface area (Å²) in [5.74, 6) is -0.289. The molecule has 0 saturated heterocycles. The second-order valence-corrected chi connectivity index (χ2v) is 4.82. The minimum atomic E-state index is -0.945. The summed E-state index contributed by atoms with van der Waals surface area (Å²) in [5, 5.41) is 25.4. The highest BCUT2D eigenvalue weighted by molar-refractivity contribution is 7.99. The first kappa shape index (κ1) is 15.0. The molecule has 0 aliphatic rings. The zero-order valence-electron chi connectivity index (χ0n) is 11.3. The monoisotopic (exact) mass is 311 g/mol. The normalized spacial score (nSPS) is 10.4. The summed E-state index contributed by atoms with van der Waals surface area (Å²) in [7, 11) is 2.85. The number of hydrogen-bond acceptors (Lipinski definition) is 7. The van der Waals surface area contributed by atoms with E-state index >= 15 is 0 Å². The quantitative estimate of drug-likeness (QED) is 0.685. The van der Waals surface area contributed by atoms with E-state index in [0.29, 0.717) is 16.5 Å². The molecule has 112 valence electrons. The molecule has 1 aromatic carbocycles. The summed E-state index contributed by atoms with van der Waals surface area (Å²) < 4.78 is 10.1.